The standard InChI is InChI=1S/C17H22N2O/c1-19(2)9-8-14-12-18-16-7-6-13(11-15(14)16)17-5-3-4-10-20-17/h3-4,6-7,11-12,17-18H,5,8-10H2,1-2H3. The largest absolute Gasteiger partial charge is 0.369 e. The van der Waals surface area contributed by atoms with Crippen LogP contribution in [0.15, 0.2) is 36.5 Å². The Labute approximate surface area is 120 Å². The van der Waals surface area contributed by atoms with Crippen LogP contribution in [0.4, 0.5) is 0 Å². The van der Waals surface area contributed by atoms with E-state index in [9.17, 15) is 0 Å². The molecule has 0 bridgehead atoms. The summed E-state index contributed by atoms with van der Waals surface area (Å²) in [7, 11) is 4.23. The molecule has 0 spiro atoms. The Balaban J connectivity index is 1.88. The zero-order valence-corrected chi connectivity index (χ0v) is 12.2. The third-order valence-electron chi connectivity index (χ3n) is 3.90. The van der Waals surface area contributed by atoms with Crippen LogP contribution in [0, 0.1) is 0 Å². The molecular formula is C17H22N2O. The number of rotatable bonds is 4. The third kappa shape index (κ3) is 2.79. The van der Waals surface area contributed by atoms with E-state index in [4.69, 9.17) is 4.74 Å². The Hall–Kier alpha value is -1.58. The number of H-pyrrole nitrogens is 1. The molecule has 1 N–H and O–H groups in total. The van der Waals surface area contributed by atoms with E-state index < -0.39 is 0 Å². The molecule has 0 amide bonds. The monoisotopic (exact) mass is 270 g/mol. The summed E-state index contributed by atoms with van der Waals surface area (Å²) >= 11 is 0. The Morgan fingerprint density at radius 3 is 2.95 bits per heavy atom. The molecule has 3 nitrogen and oxygen atoms in total. The van der Waals surface area contributed by atoms with Crippen LogP contribution in [-0.2, 0) is 11.2 Å². The number of fused-ring (bicyclic) bond motifs is 1. The van der Waals surface area contributed by atoms with Gasteiger partial charge in [0.05, 0.1) is 12.7 Å². The van der Waals surface area contributed by atoms with E-state index in [1.165, 1.54) is 22.0 Å². The first kappa shape index (κ1) is 13.4. The normalized spacial score (nSPS) is 19.1. The van der Waals surface area contributed by atoms with Crippen LogP contribution in [0.5, 0.6) is 0 Å². The first-order valence-corrected chi connectivity index (χ1v) is 7.25. The van der Waals surface area contributed by atoms with E-state index in [0.29, 0.717) is 0 Å². The molecule has 1 aromatic carbocycles. The smallest absolute Gasteiger partial charge is 0.0863 e. The molecule has 0 aliphatic carbocycles. The van der Waals surface area contributed by atoms with E-state index in [1.54, 1.807) is 0 Å². The van der Waals surface area contributed by atoms with E-state index in [1.807, 2.05) is 0 Å². The maximum atomic E-state index is 5.82. The van der Waals surface area contributed by atoms with Crippen LogP contribution < -0.4 is 0 Å². The highest BCUT2D eigenvalue weighted by atomic mass is 16.5. The molecule has 0 saturated heterocycles. The van der Waals surface area contributed by atoms with Crippen molar-refractivity contribution in [1.82, 2.24) is 9.88 Å². The number of hydrogen-bond donors (Lipinski definition) is 1. The summed E-state index contributed by atoms with van der Waals surface area (Å²) in [5.74, 6) is 0. The van der Waals surface area contributed by atoms with Gasteiger partial charge in [0.15, 0.2) is 0 Å². The van der Waals surface area contributed by atoms with E-state index in [0.717, 1.165) is 26.0 Å². The summed E-state index contributed by atoms with van der Waals surface area (Å²) in [5.41, 5.74) is 3.89. The minimum absolute atomic E-state index is 0.209. The second-order valence-corrected chi connectivity index (χ2v) is 5.70. The Bertz CT molecular complexity index is 612. The molecule has 1 atom stereocenters. The third-order valence-corrected chi connectivity index (χ3v) is 3.90. The summed E-state index contributed by atoms with van der Waals surface area (Å²) in [5, 5.41) is 1.34. The highest BCUT2D eigenvalue weighted by Gasteiger charge is 2.14. The average molecular weight is 270 g/mol. The van der Waals surface area contributed by atoms with Gasteiger partial charge < -0.3 is 14.6 Å². The van der Waals surface area contributed by atoms with Crippen LogP contribution in [0.25, 0.3) is 10.9 Å². The minimum Gasteiger partial charge on any atom is -0.369 e. The molecular weight excluding hydrogens is 248 g/mol. The first-order valence-electron chi connectivity index (χ1n) is 7.25. The SMILES string of the molecule is CN(C)CCc1c[nH]c2ccc(C3CC=CCO3)cc12. The second-order valence-electron chi connectivity index (χ2n) is 5.70. The number of nitrogens with one attached hydrogen (secondary N) is 1. The lowest BCUT2D eigenvalue weighted by atomic mass is 10.0. The lowest BCUT2D eigenvalue weighted by Crippen LogP contribution is -2.14. The number of aromatic amines is 1. The number of ether oxygens (including phenoxy) is 1. The van der Waals surface area contributed by atoms with Crippen LogP contribution in [0.2, 0.25) is 0 Å². The van der Waals surface area contributed by atoms with Crippen LogP contribution >= 0.6 is 0 Å². The summed E-state index contributed by atoms with van der Waals surface area (Å²) in [4.78, 5) is 5.59. The van der Waals surface area contributed by atoms with Gasteiger partial charge in [0, 0.05) is 23.6 Å². The highest BCUT2D eigenvalue weighted by Crippen LogP contribution is 2.28. The van der Waals surface area contributed by atoms with Gasteiger partial charge in [-0.15, -0.1) is 0 Å². The zero-order chi connectivity index (χ0) is 13.9. The van der Waals surface area contributed by atoms with Gasteiger partial charge >= 0.3 is 0 Å². The fourth-order valence-electron chi connectivity index (χ4n) is 2.71. The predicted octanol–water partition coefficient (Wildman–Crippen LogP) is 3.29. The van der Waals surface area contributed by atoms with Gasteiger partial charge in [-0.25, -0.2) is 0 Å². The molecule has 2 heterocycles. The maximum Gasteiger partial charge on any atom is 0.0863 e. The minimum atomic E-state index is 0.209. The lowest BCUT2D eigenvalue weighted by Gasteiger charge is -2.19. The van der Waals surface area contributed by atoms with Crippen molar-refractivity contribution in [3.8, 4) is 0 Å². The van der Waals surface area contributed by atoms with Crippen LogP contribution in [0.1, 0.15) is 23.7 Å². The molecule has 1 unspecified atom stereocenters. The van der Waals surface area contributed by atoms with Gasteiger partial charge in [-0.1, -0.05) is 18.2 Å². The fraction of sp³-hybridized carbons (Fsp3) is 0.412. The summed E-state index contributed by atoms with van der Waals surface area (Å²) in [6.45, 7) is 1.79. The molecule has 0 saturated carbocycles. The highest BCUT2D eigenvalue weighted by molar-refractivity contribution is 5.84. The summed E-state index contributed by atoms with van der Waals surface area (Å²) < 4.78 is 5.82. The van der Waals surface area contributed by atoms with E-state index >= 15 is 0 Å². The second kappa shape index (κ2) is 5.81. The number of benzene rings is 1. The quantitative estimate of drug-likeness (QED) is 0.864. The number of aromatic nitrogens is 1. The van der Waals surface area contributed by atoms with E-state index in [-0.39, 0.29) is 6.10 Å². The van der Waals surface area contributed by atoms with Crippen molar-refractivity contribution in [2.24, 2.45) is 0 Å². The molecule has 3 rings (SSSR count). The summed E-state index contributed by atoms with van der Waals surface area (Å²) in [6, 6.07) is 6.64. The molecule has 106 valence electrons. The van der Waals surface area contributed by atoms with Crippen molar-refractivity contribution in [2.45, 2.75) is 18.9 Å². The molecule has 0 fully saturated rings. The first-order chi connectivity index (χ1) is 9.74. The lowest BCUT2D eigenvalue weighted by molar-refractivity contribution is 0.0678. The van der Waals surface area contributed by atoms with Crippen molar-refractivity contribution in [3.05, 3.63) is 47.7 Å². The topological polar surface area (TPSA) is 28.3 Å². The molecule has 1 aliphatic heterocycles. The van der Waals surface area contributed by atoms with Gasteiger partial charge in [-0.3, -0.25) is 0 Å². The molecule has 0 radical (unpaired) electrons. The van der Waals surface area contributed by atoms with Crippen molar-refractivity contribution >= 4 is 10.9 Å². The summed E-state index contributed by atoms with van der Waals surface area (Å²) in [6.07, 6.45) is 8.70. The Morgan fingerprint density at radius 2 is 2.20 bits per heavy atom. The average Bonchev–Trinajstić information content (AvgIpc) is 2.88. The number of likely N-dealkylation sites (N-methyl/N-ethyl adjacent to an activating group) is 1. The van der Waals surface area contributed by atoms with Crippen LogP contribution in [-0.4, -0.2) is 37.1 Å². The zero-order valence-electron chi connectivity index (χ0n) is 12.2. The molecule has 2 aromatic rings. The molecule has 20 heavy (non-hydrogen) atoms. The number of hydrogen-bond acceptors (Lipinski definition) is 2. The molecule has 3 heteroatoms. The van der Waals surface area contributed by atoms with Gasteiger partial charge in [0.1, 0.15) is 0 Å². The number of nitrogens with zero attached hydrogens (tertiary/aromatic N) is 1. The van der Waals surface area contributed by atoms with Gasteiger partial charge in [-0.2, -0.15) is 0 Å². The Kier molecular flexibility index (Phi) is 3.90. The van der Waals surface area contributed by atoms with Gasteiger partial charge in [0.2, 0.25) is 0 Å². The van der Waals surface area contributed by atoms with E-state index in [2.05, 4.69) is 60.5 Å². The maximum absolute atomic E-state index is 5.82. The van der Waals surface area contributed by atoms with Crippen molar-refractivity contribution < 1.29 is 4.74 Å². The van der Waals surface area contributed by atoms with Crippen molar-refractivity contribution in [1.29, 1.82) is 0 Å². The van der Waals surface area contributed by atoms with Gasteiger partial charge in [0.25, 0.3) is 0 Å². The van der Waals surface area contributed by atoms with Crippen molar-refractivity contribution in [2.75, 3.05) is 27.2 Å². The molecule has 1 aromatic heterocycles. The fourth-order valence-corrected chi connectivity index (χ4v) is 2.71. The Morgan fingerprint density at radius 1 is 1.30 bits per heavy atom. The predicted molar refractivity (Wildman–Crippen MR) is 83.0 cm³/mol. The van der Waals surface area contributed by atoms with Gasteiger partial charge in [-0.05, 0) is 50.2 Å². The van der Waals surface area contributed by atoms with Crippen LogP contribution in [0.3, 0.4) is 0 Å². The molecule has 1 aliphatic rings. The van der Waals surface area contributed by atoms with Crippen molar-refractivity contribution in [3.63, 3.8) is 0 Å².